The van der Waals surface area contributed by atoms with Crippen LogP contribution in [-0.4, -0.2) is 49.1 Å². The summed E-state index contributed by atoms with van der Waals surface area (Å²) in [5, 5.41) is 2.25. The van der Waals surface area contributed by atoms with E-state index in [1.807, 2.05) is 0 Å². The van der Waals surface area contributed by atoms with E-state index in [2.05, 4.69) is 5.32 Å². The Morgan fingerprint density at radius 2 is 2.06 bits per heavy atom. The number of nitrogens with one attached hydrogen (secondary N) is 1. The number of amides is 2. The van der Waals surface area contributed by atoms with E-state index in [0.29, 0.717) is 0 Å². The molecule has 0 spiro atoms. The van der Waals surface area contributed by atoms with Gasteiger partial charge in [-0.25, -0.2) is 0 Å². The highest BCUT2D eigenvalue weighted by atomic mass is 19.4. The standard InChI is InChI=1S/C10H16F3N3O2/c11-10(12,13)7-2-1-5-16(6-7)9(18)8(17)15-4-3-14/h7H,1-6,14H2,(H,15,17). The van der Waals surface area contributed by atoms with Crippen molar-refractivity contribution in [2.24, 2.45) is 11.7 Å². The molecule has 2 amide bonds. The van der Waals surface area contributed by atoms with E-state index >= 15 is 0 Å². The zero-order valence-electron chi connectivity index (χ0n) is 9.79. The van der Waals surface area contributed by atoms with Crippen molar-refractivity contribution in [2.75, 3.05) is 26.2 Å². The van der Waals surface area contributed by atoms with Crippen LogP contribution in [0.25, 0.3) is 0 Å². The largest absolute Gasteiger partial charge is 0.393 e. The Hall–Kier alpha value is -1.31. The molecule has 0 saturated carbocycles. The summed E-state index contributed by atoms with van der Waals surface area (Å²) in [5.74, 6) is -3.36. The lowest BCUT2D eigenvalue weighted by molar-refractivity contribution is -0.188. The quantitative estimate of drug-likeness (QED) is 0.684. The Balaban J connectivity index is 2.56. The Bertz CT molecular complexity index is 320. The molecule has 5 nitrogen and oxygen atoms in total. The first kappa shape index (κ1) is 14.7. The number of carbonyl (C=O) groups excluding carboxylic acids is 2. The van der Waals surface area contributed by atoms with E-state index in [9.17, 15) is 22.8 Å². The van der Waals surface area contributed by atoms with Crippen LogP contribution in [0.2, 0.25) is 0 Å². The summed E-state index contributed by atoms with van der Waals surface area (Å²) < 4.78 is 37.6. The summed E-state index contributed by atoms with van der Waals surface area (Å²) >= 11 is 0. The zero-order valence-corrected chi connectivity index (χ0v) is 9.79. The lowest BCUT2D eigenvalue weighted by Gasteiger charge is -2.33. The Morgan fingerprint density at radius 1 is 1.39 bits per heavy atom. The van der Waals surface area contributed by atoms with Gasteiger partial charge in [-0.05, 0) is 12.8 Å². The minimum absolute atomic E-state index is 0.00228. The van der Waals surface area contributed by atoms with Crippen molar-refractivity contribution in [3.05, 3.63) is 0 Å². The third kappa shape index (κ3) is 3.86. The normalized spacial score (nSPS) is 20.7. The monoisotopic (exact) mass is 267 g/mol. The molecule has 1 aliphatic rings. The second-order valence-corrected chi connectivity index (χ2v) is 4.18. The average Bonchev–Trinajstić information content (AvgIpc) is 2.34. The van der Waals surface area contributed by atoms with Gasteiger partial charge in [0.05, 0.1) is 5.92 Å². The Kier molecular flexibility index (Phi) is 4.94. The van der Waals surface area contributed by atoms with Crippen LogP contribution < -0.4 is 11.1 Å². The van der Waals surface area contributed by atoms with Gasteiger partial charge < -0.3 is 16.0 Å². The Labute approximate surface area is 102 Å². The molecule has 1 rings (SSSR count). The number of hydrogen-bond donors (Lipinski definition) is 2. The van der Waals surface area contributed by atoms with Crippen molar-refractivity contribution in [3.63, 3.8) is 0 Å². The van der Waals surface area contributed by atoms with Crippen LogP contribution in [0.15, 0.2) is 0 Å². The van der Waals surface area contributed by atoms with Crippen molar-refractivity contribution in [1.29, 1.82) is 0 Å². The fourth-order valence-corrected chi connectivity index (χ4v) is 1.83. The second kappa shape index (κ2) is 6.03. The maximum absolute atomic E-state index is 12.5. The first-order valence-electron chi connectivity index (χ1n) is 5.70. The van der Waals surface area contributed by atoms with Gasteiger partial charge in [-0.15, -0.1) is 0 Å². The molecule has 1 saturated heterocycles. The van der Waals surface area contributed by atoms with Gasteiger partial charge in [-0.1, -0.05) is 0 Å². The lowest BCUT2D eigenvalue weighted by atomic mass is 9.97. The highest BCUT2D eigenvalue weighted by molar-refractivity contribution is 6.35. The van der Waals surface area contributed by atoms with Crippen molar-refractivity contribution in [2.45, 2.75) is 19.0 Å². The molecule has 8 heteroatoms. The molecule has 1 unspecified atom stereocenters. The summed E-state index contributed by atoms with van der Waals surface area (Å²) in [6, 6.07) is 0. The van der Waals surface area contributed by atoms with Gasteiger partial charge in [0.1, 0.15) is 0 Å². The summed E-state index contributed by atoms with van der Waals surface area (Å²) in [5.41, 5.74) is 5.15. The molecule has 3 N–H and O–H groups in total. The van der Waals surface area contributed by atoms with Gasteiger partial charge >= 0.3 is 18.0 Å². The van der Waals surface area contributed by atoms with Crippen molar-refractivity contribution >= 4 is 11.8 Å². The molecule has 0 aromatic rings. The number of likely N-dealkylation sites (tertiary alicyclic amines) is 1. The molecule has 0 aromatic carbocycles. The fourth-order valence-electron chi connectivity index (χ4n) is 1.83. The molecule has 0 aliphatic carbocycles. The molecule has 1 atom stereocenters. The number of carbonyl (C=O) groups is 2. The summed E-state index contributed by atoms with van der Waals surface area (Å²) in [7, 11) is 0. The maximum atomic E-state index is 12.5. The van der Waals surface area contributed by atoms with E-state index in [-0.39, 0.29) is 32.5 Å². The summed E-state index contributed by atoms with van der Waals surface area (Å²) in [4.78, 5) is 23.9. The van der Waals surface area contributed by atoms with E-state index in [1.54, 1.807) is 0 Å². The van der Waals surface area contributed by atoms with Crippen molar-refractivity contribution in [1.82, 2.24) is 10.2 Å². The van der Waals surface area contributed by atoms with Crippen LogP contribution in [0, 0.1) is 5.92 Å². The number of hydrogen-bond acceptors (Lipinski definition) is 3. The topological polar surface area (TPSA) is 75.4 Å². The third-order valence-electron chi connectivity index (χ3n) is 2.80. The van der Waals surface area contributed by atoms with Crippen LogP contribution in [0.5, 0.6) is 0 Å². The molecular formula is C10H16F3N3O2. The SMILES string of the molecule is NCCNC(=O)C(=O)N1CCCC(C(F)(F)F)C1. The van der Waals surface area contributed by atoms with Crippen LogP contribution >= 0.6 is 0 Å². The van der Waals surface area contributed by atoms with Crippen LogP contribution in [0.3, 0.4) is 0 Å². The minimum Gasteiger partial charge on any atom is -0.347 e. The molecule has 104 valence electrons. The number of nitrogens with two attached hydrogens (primary N) is 1. The van der Waals surface area contributed by atoms with Gasteiger partial charge in [-0.2, -0.15) is 13.2 Å². The second-order valence-electron chi connectivity index (χ2n) is 4.18. The smallest absolute Gasteiger partial charge is 0.347 e. The van der Waals surface area contributed by atoms with Crippen LogP contribution in [-0.2, 0) is 9.59 Å². The number of nitrogens with zero attached hydrogens (tertiary/aromatic N) is 1. The Morgan fingerprint density at radius 3 is 2.61 bits per heavy atom. The van der Waals surface area contributed by atoms with E-state index in [1.165, 1.54) is 0 Å². The zero-order chi connectivity index (χ0) is 13.8. The van der Waals surface area contributed by atoms with Gasteiger partial charge in [0, 0.05) is 26.2 Å². The summed E-state index contributed by atoms with van der Waals surface area (Å²) in [6.07, 6.45) is -4.08. The van der Waals surface area contributed by atoms with Gasteiger partial charge in [0.25, 0.3) is 0 Å². The summed E-state index contributed by atoms with van der Waals surface area (Å²) in [6.45, 7) is 0.0329. The number of halogens is 3. The molecular weight excluding hydrogens is 251 g/mol. The molecule has 0 bridgehead atoms. The molecule has 18 heavy (non-hydrogen) atoms. The number of alkyl halides is 3. The predicted molar refractivity (Wildman–Crippen MR) is 57.4 cm³/mol. The number of piperidine rings is 1. The van der Waals surface area contributed by atoms with Gasteiger partial charge in [-0.3, -0.25) is 9.59 Å². The molecule has 1 heterocycles. The molecule has 1 fully saturated rings. The van der Waals surface area contributed by atoms with Crippen molar-refractivity contribution in [3.8, 4) is 0 Å². The highest BCUT2D eigenvalue weighted by Crippen LogP contribution is 2.33. The maximum Gasteiger partial charge on any atom is 0.393 e. The predicted octanol–water partition coefficient (Wildman–Crippen LogP) is -0.138. The van der Waals surface area contributed by atoms with E-state index in [0.717, 1.165) is 4.90 Å². The molecule has 0 aromatic heterocycles. The average molecular weight is 267 g/mol. The first-order chi connectivity index (χ1) is 8.36. The van der Waals surface area contributed by atoms with Gasteiger partial charge in [0.15, 0.2) is 0 Å². The van der Waals surface area contributed by atoms with Crippen LogP contribution in [0.1, 0.15) is 12.8 Å². The van der Waals surface area contributed by atoms with Crippen molar-refractivity contribution < 1.29 is 22.8 Å². The highest BCUT2D eigenvalue weighted by Gasteiger charge is 2.43. The van der Waals surface area contributed by atoms with Crippen LogP contribution in [0.4, 0.5) is 13.2 Å². The number of rotatable bonds is 2. The molecule has 0 radical (unpaired) electrons. The lowest BCUT2D eigenvalue weighted by Crippen LogP contribution is -2.50. The van der Waals surface area contributed by atoms with E-state index in [4.69, 9.17) is 5.73 Å². The van der Waals surface area contributed by atoms with Gasteiger partial charge in [0.2, 0.25) is 0 Å². The van der Waals surface area contributed by atoms with E-state index < -0.39 is 30.5 Å². The first-order valence-corrected chi connectivity index (χ1v) is 5.70. The minimum atomic E-state index is -4.33. The third-order valence-corrected chi connectivity index (χ3v) is 2.80. The fraction of sp³-hybridized carbons (Fsp3) is 0.800. The molecule has 1 aliphatic heterocycles.